The molecule has 0 radical (unpaired) electrons. The average Bonchev–Trinajstić information content (AvgIpc) is 2.62. The maximum Gasteiger partial charge on any atom is 0.335 e. The van der Waals surface area contributed by atoms with Crippen molar-refractivity contribution in [3.63, 3.8) is 0 Å². The maximum absolute atomic E-state index is 11.1. The van der Waals surface area contributed by atoms with Crippen molar-refractivity contribution in [1.82, 2.24) is 9.97 Å². The highest BCUT2D eigenvalue weighted by atomic mass is 16.4. The van der Waals surface area contributed by atoms with Crippen LogP contribution < -0.4 is 16.0 Å². The van der Waals surface area contributed by atoms with Gasteiger partial charge in [0.05, 0.1) is 5.56 Å². The van der Waals surface area contributed by atoms with E-state index in [1.54, 1.807) is 37.3 Å². The molecule has 3 aromatic rings. The molecule has 3 rings (SSSR count). The number of benzene rings is 2. The van der Waals surface area contributed by atoms with E-state index in [-0.39, 0.29) is 11.5 Å². The highest BCUT2D eigenvalue weighted by molar-refractivity contribution is 5.89. The Morgan fingerprint density at radius 2 is 1.46 bits per heavy atom. The molecule has 0 unspecified atom stereocenters. The number of aryl methyl sites for hydroxylation is 1. The molecule has 0 fully saturated rings. The number of carbonyl (C=O) groups excluding carboxylic acids is 1. The summed E-state index contributed by atoms with van der Waals surface area (Å²) < 4.78 is 0. The highest BCUT2D eigenvalue weighted by Crippen LogP contribution is 2.22. The minimum Gasteiger partial charge on any atom is -0.478 e. The number of nitrogens with zero attached hydrogens (tertiary/aromatic N) is 2. The Hall–Kier alpha value is -3.94. The quantitative estimate of drug-likeness (QED) is 0.514. The number of carbonyl (C=O) groups is 2. The molecular formula is C20H19N5O3. The number of anilines is 5. The second kappa shape index (κ2) is 8.17. The minimum atomic E-state index is -0.993. The van der Waals surface area contributed by atoms with Crippen LogP contribution in [0.4, 0.5) is 28.7 Å². The molecule has 0 spiro atoms. The van der Waals surface area contributed by atoms with Crippen molar-refractivity contribution in [2.75, 3.05) is 16.0 Å². The lowest BCUT2D eigenvalue weighted by atomic mass is 10.2. The van der Waals surface area contributed by atoms with Gasteiger partial charge in [0.25, 0.3) is 0 Å². The van der Waals surface area contributed by atoms with Crippen LogP contribution in [-0.4, -0.2) is 27.0 Å². The van der Waals surface area contributed by atoms with Crippen molar-refractivity contribution in [2.45, 2.75) is 13.8 Å². The SMILES string of the molecule is CC(=O)Nc1ccc(Nc2cc(Nc3cccc(C(=O)O)c3)nc(C)n2)cc1. The van der Waals surface area contributed by atoms with Gasteiger partial charge in [-0.1, -0.05) is 6.07 Å². The molecule has 0 saturated heterocycles. The van der Waals surface area contributed by atoms with Crippen LogP contribution in [0, 0.1) is 6.92 Å². The van der Waals surface area contributed by atoms with Gasteiger partial charge in [-0.2, -0.15) is 0 Å². The van der Waals surface area contributed by atoms with E-state index in [0.29, 0.717) is 28.8 Å². The molecule has 0 aliphatic heterocycles. The Balaban J connectivity index is 1.77. The van der Waals surface area contributed by atoms with Crippen molar-refractivity contribution in [2.24, 2.45) is 0 Å². The third kappa shape index (κ3) is 5.04. The predicted octanol–water partition coefficient (Wildman–Crippen LogP) is 3.93. The number of hydrogen-bond acceptors (Lipinski definition) is 6. The molecule has 1 heterocycles. The summed E-state index contributed by atoms with van der Waals surface area (Å²) >= 11 is 0. The summed E-state index contributed by atoms with van der Waals surface area (Å²) in [6.07, 6.45) is 0. The monoisotopic (exact) mass is 377 g/mol. The number of aromatic carboxylic acids is 1. The molecular weight excluding hydrogens is 358 g/mol. The van der Waals surface area contributed by atoms with E-state index in [1.807, 2.05) is 12.1 Å². The summed E-state index contributed by atoms with van der Waals surface area (Å²) in [6.45, 7) is 3.22. The van der Waals surface area contributed by atoms with Crippen molar-refractivity contribution in [3.8, 4) is 0 Å². The van der Waals surface area contributed by atoms with Crippen LogP contribution in [0.25, 0.3) is 0 Å². The lowest BCUT2D eigenvalue weighted by molar-refractivity contribution is -0.114. The first-order valence-electron chi connectivity index (χ1n) is 8.50. The first kappa shape index (κ1) is 18.8. The maximum atomic E-state index is 11.1. The third-order valence-electron chi connectivity index (χ3n) is 3.70. The molecule has 1 amide bonds. The molecule has 4 N–H and O–H groups in total. The van der Waals surface area contributed by atoms with Gasteiger partial charge < -0.3 is 21.1 Å². The lowest BCUT2D eigenvalue weighted by Gasteiger charge is -2.11. The van der Waals surface area contributed by atoms with Crippen LogP contribution in [0.5, 0.6) is 0 Å². The summed E-state index contributed by atoms with van der Waals surface area (Å²) in [5.74, 6) is 0.545. The number of nitrogens with one attached hydrogen (secondary N) is 3. The number of amides is 1. The van der Waals surface area contributed by atoms with Crippen LogP contribution in [-0.2, 0) is 4.79 Å². The molecule has 8 nitrogen and oxygen atoms in total. The normalized spacial score (nSPS) is 10.2. The second-order valence-electron chi connectivity index (χ2n) is 6.08. The van der Waals surface area contributed by atoms with Gasteiger partial charge in [-0.15, -0.1) is 0 Å². The number of aromatic nitrogens is 2. The summed E-state index contributed by atoms with van der Waals surface area (Å²) in [6, 6.07) is 15.4. The summed E-state index contributed by atoms with van der Waals surface area (Å²) in [5.41, 5.74) is 2.31. The van der Waals surface area contributed by atoms with E-state index in [9.17, 15) is 9.59 Å². The van der Waals surface area contributed by atoms with Crippen molar-refractivity contribution < 1.29 is 14.7 Å². The summed E-state index contributed by atoms with van der Waals surface area (Å²) in [5, 5.41) is 18.1. The van der Waals surface area contributed by atoms with E-state index in [0.717, 1.165) is 5.69 Å². The Labute approximate surface area is 161 Å². The molecule has 0 aliphatic carbocycles. The zero-order valence-corrected chi connectivity index (χ0v) is 15.4. The van der Waals surface area contributed by atoms with Crippen LogP contribution in [0.15, 0.2) is 54.6 Å². The second-order valence-corrected chi connectivity index (χ2v) is 6.08. The largest absolute Gasteiger partial charge is 0.478 e. The molecule has 0 aliphatic rings. The smallest absolute Gasteiger partial charge is 0.335 e. The van der Waals surface area contributed by atoms with E-state index in [4.69, 9.17) is 5.11 Å². The van der Waals surface area contributed by atoms with E-state index in [2.05, 4.69) is 25.9 Å². The van der Waals surface area contributed by atoms with Crippen molar-refractivity contribution in [3.05, 3.63) is 66.0 Å². The fraction of sp³-hybridized carbons (Fsp3) is 0.100. The Morgan fingerprint density at radius 1 is 0.857 bits per heavy atom. The lowest BCUT2D eigenvalue weighted by Crippen LogP contribution is -2.05. The molecule has 142 valence electrons. The standard InChI is InChI=1S/C20H19N5O3/c1-12-21-18(24-16-8-6-15(7-9-16)23-13(2)26)11-19(22-12)25-17-5-3-4-14(10-17)20(27)28/h3-11H,1-2H3,(H,23,26)(H,27,28)(H2,21,22,24,25). The molecule has 0 bridgehead atoms. The average molecular weight is 377 g/mol. The Bertz CT molecular complexity index is 1020. The fourth-order valence-corrected chi connectivity index (χ4v) is 2.56. The zero-order valence-electron chi connectivity index (χ0n) is 15.4. The van der Waals surface area contributed by atoms with Gasteiger partial charge in [0.15, 0.2) is 0 Å². The van der Waals surface area contributed by atoms with Crippen LogP contribution in [0.1, 0.15) is 23.1 Å². The van der Waals surface area contributed by atoms with Crippen LogP contribution in [0.2, 0.25) is 0 Å². The molecule has 1 aromatic heterocycles. The topological polar surface area (TPSA) is 116 Å². The predicted molar refractivity (Wildman–Crippen MR) is 107 cm³/mol. The highest BCUT2D eigenvalue weighted by Gasteiger charge is 2.06. The van der Waals surface area contributed by atoms with Gasteiger partial charge in [-0.25, -0.2) is 14.8 Å². The van der Waals surface area contributed by atoms with E-state index >= 15 is 0 Å². The van der Waals surface area contributed by atoms with E-state index < -0.39 is 5.97 Å². The molecule has 28 heavy (non-hydrogen) atoms. The first-order valence-corrected chi connectivity index (χ1v) is 8.50. The van der Waals surface area contributed by atoms with Crippen LogP contribution >= 0.6 is 0 Å². The van der Waals surface area contributed by atoms with Gasteiger partial charge in [-0.3, -0.25) is 4.79 Å². The van der Waals surface area contributed by atoms with Crippen molar-refractivity contribution in [1.29, 1.82) is 0 Å². The first-order chi connectivity index (χ1) is 13.4. The summed E-state index contributed by atoms with van der Waals surface area (Å²) in [4.78, 5) is 30.9. The van der Waals surface area contributed by atoms with Gasteiger partial charge in [-0.05, 0) is 49.4 Å². The van der Waals surface area contributed by atoms with Crippen molar-refractivity contribution >= 4 is 40.6 Å². The number of rotatable bonds is 6. The van der Waals surface area contributed by atoms with Crippen LogP contribution in [0.3, 0.4) is 0 Å². The number of carboxylic acid groups (broad SMARTS) is 1. The van der Waals surface area contributed by atoms with Gasteiger partial charge in [0.2, 0.25) is 5.91 Å². The Kier molecular flexibility index (Phi) is 5.50. The third-order valence-corrected chi connectivity index (χ3v) is 3.70. The van der Waals surface area contributed by atoms with E-state index in [1.165, 1.54) is 19.1 Å². The van der Waals surface area contributed by atoms with Gasteiger partial charge in [0.1, 0.15) is 17.5 Å². The van der Waals surface area contributed by atoms with Gasteiger partial charge in [0, 0.05) is 30.1 Å². The summed E-state index contributed by atoms with van der Waals surface area (Å²) in [7, 11) is 0. The fourth-order valence-electron chi connectivity index (χ4n) is 2.56. The molecule has 8 heteroatoms. The zero-order chi connectivity index (χ0) is 20.1. The van der Waals surface area contributed by atoms with Gasteiger partial charge >= 0.3 is 5.97 Å². The Morgan fingerprint density at radius 3 is 2.07 bits per heavy atom. The molecule has 0 saturated carbocycles. The number of hydrogen-bond donors (Lipinski definition) is 4. The molecule has 2 aromatic carbocycles. The number of carboxylic acids is 1. The minimum absolute atomic E-state index is 0.130. The molecule has 0 atom stereocenters.